The molecule has 1 aromatic carbocycles. The molecule has 0 radical (unpaired) electrons. The van der Waals surface area contributed by atoms with Crippen LogP contribution in [0.3, 0.4) is 0 Å². The summed E-state index contributed by atoms with van der Waals surface area (Å²) in [6.07, 6.45) is 8.62. The summed E-state index contributed by atoms with van der Waals surface area (Å²) >= 11 is 0. The van der Waals surface area contributed by atoms with E-state index in [4.69, 9.17) is 0 Å². The Bertz CT molecular complexity index is 447. The molecular formula is C15H22O2S. The Hall–Kier alpha value is -1.09. The van der Waals surface area contributed by atoms with Gasteiger partial charge in [-0.3, -0.25) is 0 Å². The summed E-state index contributed by atoms with van der Waals surface area (Å²) in [6.45, 7) is 2.19. The Kier molecular flexibility index (Phi) is 6.73. The van der Waals surface area contributed by atoms with Crippen molar-refractivity contribution in [1.29, 1.82) is 0 Å². The minimum absolute atomic E-state index is 0.368. The van der Waals surface area contributed by atoms with E-state index in [1.807, 2.05) is 6.07 Å². The molecule has 2 nitrogen and oxygen atoms in total. The van der Waals surface area contributed by atoms with E-state index in [1.54, 1.807) is 30.3 Å². The smallest absolute Gasteiger partial charge is 0.199 e. The minimum Gasteiger partial charge on any atom is -0.219 e. The van der Waals surface area contributed by atoms with Crippen LogP contribution >= 0.6 is 0 Å². The van der Waals surface area contributed by atoms with Crippen molar-refractivity contribution < 1.29 is 8.42 Å². The molecule has 0 heterocycles. The highest BCUT2D eigenvalue weighted by atomic mass is 32.2. The van der Waals surface area contributed by atoms with Crippen LogP contribution in [0, 0.1) is 0 Å². The lowest BCUT2D eigenvalue weighted by atomic mass is 10.1. The number of unbranched alkanes of at least 4 members (excludes halogenated alkanes) is 5. The molecule has 0 saturated heterocycles. The lowest BCUT2D eigenvalue weighted by Gasteiger charge is -1.98. The molecule has 0 spiro atoms. The summed E-state index contributed by atoms with van der Waals surface area (Å²) in [4.78, 5) is 0.368. The Morgan fingerprint density at radius 2 is 1.67 bits per heavy atom. The Labute approximate surface area is 111 Å². The summed E-state index contributed by atoms with van der Waals surface area (Å²) < 4.78 is 23.8. The van der Waals surface area contributed by atoms with Gasteiger partial charge in [-0.15, -0.1) is 0 Å². The summed E-state index contributed by atoms with van der Waals surface area (Å²) in [5, 5.41) is 1.34. The average Bonchev–Trinajstić information content (AvgIpc) is 2.39. The van der Waals surface area contributed by atoms with Crippen LogP contribution in [-0.2, 0) is 9.84 Å². The topological polar surface area (TPSA) is 34.1 Å². The first-order valence-electron chi connectivity index (χ1n) is 6.63. The number of hydrogen-bond acceptors (Lipinski definition) is 2. The molecule has 1 rings (SSSR count). The zero-order chi connectivity index (χ0) is 13.3. The van der Waals surface area contributed by atoms with E-state index in [0.29, 0.717) is 4.90 Å². The predicted molar refractivity (Wildman–Crippen MR) is 76.1 cm³/mol. The van der Waals surface area contributed by atoms with Crippen molar-refractivity contribution in [3.05, 3.63) is 41.8 Å². The van der Waals surface area contributed by atoms with Crippen LogP contribution in [0.4, 0.5) is 0 Å². The van der Waals surface area contributed by atoms with Crippen LogP contribution in [0.15, 0.2) is 46.7 Å². The van der Waals surface area contributed by atoms with Crippen molar-refractivity contribution in [1.82, 2.24) is 0 Å². The van der Waals surface area contributed by atoms with Crippen LogP contribution in [0.25, 0.3) is 0 Å². The number of hydrogen-bond donors (Lipinski definition) is 0. The highest BCUT2D eigenvalue weighted by molar-refractivity contribution is 7.94. The molecule has 0 atom stereocenters. The Balaban J connectivity index is 2.37. The van der Waals surface area contributed by atoms with Gasteiger partial charge in [-0.1, -0.05) is 56.9 Å². The molecule has 0 N–H and O–H groups in total. The summed E-state index contributed by atoms with van der Waals surface area (Å²) in [5.41, 5.74) is 0. The first kappa shape index (κ1) is 15.0. The lowest BCUT2D eigenvalue weighted by molar-refractivity contribution is 0.604. The standard InChI is InChI=1S/C15H22O2S/c1-2-3-4-5-6-7-11-14-18(16,17)15-12-9-8-10-13-15/h8-14H,2-7H2,1H3/b14-11-. The van der Waals surface area contributed by atoms with E-state index in [9.17, 15) is 8.42 Å². The number of rotatable bonds is 8. The van der Waals surface area contributed by atoms with Gasteiger partial charge in [-0.2, -0.15) is 0 Å². The molecule has 0 fully saturated rings. The van der Waals surface area contributed by atoms with E-state index >= 15 is 0 Å². The molecule has 0 unspecified atom stereocenters. The highest BCUT2D eigenvalue weighted by Crippen LogP contribution is 2.12. The maximum atomic E-state index is 11.9. The summed E-state index contributed by atoms with van der Waals surface area (Å²) in [5.74, 6) is 0. The van der Waals surface area contributed by atoms with Gasteiger partial charge in [-0.25, -0.2) is 8.42 Å². The predicted octanol–water partition coefficient (Wildman–Crippen LogP) is 4.33. The molecule has 0 aromatic heterocycles. The van der Waals surface area contributed by atoms with Crippen LogP contribution < -0.4 is 0 Å². The van der Waals surface area contributed by atoms with Gasteiger partial charge in [0, 0.05) is 5.41 Å². The number of benzene rings is 1. The Morgan fingerprint density at radius 3 is 2.33 bits per heavy atom. The van der Waals surface area contributed by atoms with Crippen molar-refractivity contribution >= 4 is 9.84 Å². The van der Waals surface area contributed by atoms with Gasteiger partial charge in [0.25, 0.3) is 0 Å². The zero-order valence-electron chi connectivity index (χ0n) is 11.0. The van der Waals surface area contributed by atoms with E-state index < -0.39 is 9.84 Å². The molecule has 0 amide bonds. The summed E-state index contributed by atoms with van der Waals surface area (Å²) in [6, 6.07) is 8.55. The SMILES string of the molecule is CCCCCCC/C=C\S(=O)(=O)c1ccccc1. The first-order valence-corrected chi connectivity index (χ1v) is 8.18. The number of sulfone groups is 1. The van der Waals surface area contributed by atoms with Gasteiger partial charge in [0.2, 0.25) is 0 Å². The molecule has 0 saturated carbocycles. The third kappa shape index (κ3) is 5.50. The van der Waals surface area contributed by atoms with Crippen molar-refractivity contribution in [3.63, 3.8) is 0 Å². The Morgan fingerprint density at radius 1 is 1.00 bits per heavy atom. The largest absolute Gasteiger partial charge is 0.219 e. The highest BCUT2D eigenvalue weighted by Gasteiger charge is 2.07. The molecular weight excluding hydrogens is 244 g/mol. The van der Waals surface area contributed by atoms with E-state index in [2.05, 4.69) is 6.92 Å². The van der Waals surface area contributed by atoms with Gasteiger partial charge in [0.05, 0.1) is 4.90 Å². The quantitative estimate of drug-likeness (QED) is 0.656. The molecule has 1 aromatic rings. The minimum atomic E-state index is -3.24. The molecule has 0 aliphatic carbocycles. The molecule has 100 valence electrons. The fraction of sp³-hybridized carbons (Fsp3) is 0.467. The van der Waals surface area contributed by atoms with E-state index in [1.165, 1.54) is 31.1 Å². The van der Waals surface area contributed by atoms with Crippen LogP contribution in [-0.4, -0.2) is 8.42 Å². The molecule has 0 bridgehead atoms. The van der Waals surface area contributed by atoms with Crippen molar-refractivity contribution in [3.8, 4) is 0 Å². The number of allylic oxidation sites excluding steroid dienone is 1. The van der Waals surface area contributed by atoms with Gasteiger partial charge in [0.1, 0.15) is 0 Å². The van der Waals surface area contributed by atoms with Crippen molar-refractivity contribution in [2.24, 2.45) is 0 Å². The van der Waals surface area contributed by atoms with Gasteiger partial charge >= 0.3 is 0 Å². The second-order valence-corrected chi connectivity index (χ2v) is 6.27. The first-order chi connectivity index (χ1) is 8.67. The van der Waals surface area contributed by atoms with Crippen molar-refractivity contribution in [2.45, 2.75) is 50.3 Å². The maximum absolute atomic E-state index is 11.9. The fourth-order valence-corrected chi connectivity index (χ4v) is 2.83. The lowest BCUT2D eigenvalue weighted by Crippen LogP contribution is -1.95. The van der Waals surface area contributed by atoms with Crippen molar-refractivity contribution in [2.75, 3.05) is 0 Å². The van der Waals surface area contributed by atoms with Crippen LogP contribution in [0.2, 0.25) is 0 Å². The third-order valence-corrected chi connectivity index (χ3v) is 4.30. The van der Waals surface area contributed by atoms with Gasteiger partial charge < -0.3 is 0 Å². The van der Waals surface area contributed by atoms with Gasteiger partial charge in [-0.05, 0) is 25.0 Å². The molecule has 0 aliphatic rings. The maximum Gasteiger partial charge on any atom is 0.199 e. The average molecular weight is 266 g/mol. The second kappa shape index (κ2) is 8.09. The molecule has 0 aliphatic heterocycles. The van der Waals surface area contributed by atoms with Crippen LogP contribution in [0.5, 0.6) is 0 Å². The second-order valence-electron chi connectivity index (χ2n) is 4.43. The van der Waals surface area contributed by atoms with E-state index in [-0.39, 0.29) is 0 Å². The fourth-order valence-electron chi connectivity index (χ4n) is 1.75. The zero-order valence-corrected chi connectivity index (χ0v) is 11.8. The monoisotopic (exact) mass is 266 g/mol. The van der Waals surface area contributed by atoms with E-state index in [0.717, 1.165) is 12.8 Å². The summed E-state index contributed by atoms with van der Waals surface area (Å²) in [7, 11) is -3.24. The third-order valence-electron chi connectivity index (χ3n) is 2.82. The molecule has 3 heteroatoms. The molecule has 18 heavy (non-hydrogen) atoms. The normalized spacial score (nSPS) is 12.1. The van der Waals surface area contributed by atoms with Gasteiger partial charge in [0.15, 0.2) is 9.84 Å². The van der Waals surface area contributed by atoms with Crippen LogP contribution in [0.1, 0.15) is 45.4 Å².